The van der Waals surface area contributed by atoms with Crippen LogP contribution in [0.15, 0.2) is 46.1 Å². The molecule has 0 bridgehead atoms. The van der Waals surface area contributed by atoms with Crippen molar-refractivity contribution in [3.8, 4) is 0 Å². The molecule has 0 unspecified atom stereocenters. The van der Waals surface area contributed by atoms with Crippen molar-refractivity contribution in [1.82, 2.24) is 9.13 Å². The third-order valence-corrected chi connectivity index (χ3v) is 8.73. The van der Waals surface area contributed by atoms with E-state index in [1.54, 1.807) is 35.0 Å². The van der Waals surface area contributed by atoms with Gasteiger partial charge in [0.05, 0.1) is 23.3 Å². The molecule has 1 amide bonds. The molecule has 3 aromatic rings. The number of hydrogen-bond acceptors (Lipinski definition) is 5. The van der Waals surface area contributed by atoms with Crippen LogP contribution in [-0.4, -0.2) is 39.2 Å². The highest BCUT2D eigenvalue weighted by Crippen LogP contribution is 2.39. The lowest BCUT2D eigenvalue weighted by molar-refractivity contribution is -0.128. The number of nitrogens with zero attached hydrogens (tertiary/aromatic N) is 3. The topological polar surface area (TPSA) is 76.3 Å². The summed E-state index contributed by atoms with van der Waals surface area (Å²) in [5.74, 6) is -1.08. The van der Waals surface area contributed by atoms with Crippen LogP contribution in [0.2, 0.25) is 0 Å². The maximum atomic E-state index is 13.4. The summed E-state index contributed by atoms with van der Waals surface area (Å²) in [6, 6.07) is 11.9. The summed E-state index contributed by atoms with van der Waals surface area (Å²) < 4.78 is 3.24. The summed E-state index contributed by atoms with van der Waals surface area (Å²) in [5, 5.41) is 3.56. The highest BCUT2D eigenvalue weighted by atomic mass is 32.2. The molecule has 35 heavy (non-hydrogen) atoms. The molecule has 1 saturated heterocycles. The Morgan fingerprint density at radius 2 is 1.63 bits per heavy atom. The molecule has 1 aromatic heterocycles. The molecule has 2 heterocycles. The van der Waals surface area contributed by atoms with Gasteiger partial charge in [0, 0.05) is 36.5 Å². The van der Waals surface area contributed by atoms with Crippen LogP contribution >= 0.6 is 11.8 Å². The third-order valence-electron chi connectivity index (χ3n) is 7.33. The van der Waals surface area contributed by atoms with Crippen molar-refractivity contribution < 1.29 is 9.59 Å². The predicted octanol–water partition coefficient (Wildman–Crippen LogP) is 4.25. The van der Waals surface area contributed by atoms with Crippen molar-refractivity contribution in [1.29, 1.82) is 0 Å². The predicted molar refractivity (Wildman–Crippen MR) is 141 cm³/mol. The minimum Gasteiger partial charge on any atom is -0.363 e. The molecule has 1 N–H and O–H groups in total. The Kier molecular flexibility index (Phi) is 6.49. The number of carbonyl (C=O) groups is 2. The van der Waals surface area contributed by atoms with Gasteiger partial charge in [-0.2, -0.15) is 0 Å². The van der Waals surface area contributed by atoms with Crippen molar-refractivity contribution in [3.05, 3.63) is 52.4 Å². The number of imidazole rings is 1. The van der Waals surface area contributed by atoms with E-state index in [2.05, 4.69) is 5.32 Å². The van der Waals surface area contributed by atoms with Gasteiger partial charge >= 0.3 is 5.69 Å². The number of aryl methyl sites for hydroxylation is 3. The number of Topliss-reactive ketones (excluding diaryl/α,β-unsaturated/α-hetero) is 1. The molecule has 1 saturated carbocycles. The first kappa shape index (κ1) is 23.7. The fraction of sp³-hybridized carbons (Fsp3) is 0.444. The van der Waals surface area contributed by atoms with Crippen molar-refractivity contribution in [2.75, 3.05) is 23.3 Å². The lowest BCUT2D eigenvalue weighted by Gasteiger charge is -2.23. The minimum absolute atomic E-state index is 0.0715. The van der Waals surface area contributed by atoms with Crippen LogP contribution in [-0.2, 0) is 23.7 Å². The summed E-state index contributed by atoms with van der Waals surface area (Å²) in [5.41, 5.74) is 4.30. The normalized spacial score (nSPS) is 19.0. The molecule has 2 aromatic carbocycles. The molecule has 1 aliphatic carbocycles. The molecule has 2 fully saturated rings. The summed E-state index contributed by atoms with van der Waals surface area (Å²) in [7, 11) is 3.51. The smallest absolute Gasteiger partial charge is 0.328 e. The van der Waals surface area contributed by atoms with E-state index in [4.69, 9.17) is 0 Å². The van der Waals surface area contributed by atoms with Gasteiger partial charge in [-0.25, -0.2) is 4.79 Å². The lowest BCUT2D eigenvalue weighted by Crippen LogP contribution is -2.29. The van der Waals surface area contributed by atoms with Crippen LogP contribution < -0.4 is 15.9 Å². The summed E-state index contributed by atoms with van der Waals surface area (Å²) in [6.07, 6.45) is 6.01. The number of carbonyl (C=O) groups excluding carboxylic acids is 2. The average molecular weight is 493 g/mol. The number of ketones is 1. The summed E-state index contributed by atoms with van der Waals surface area (Å²) in [4.78, 5) is 41.6. The maximum Gasteiger partial charge on any atom is 0.328 e. The number of amides is 1. The second-order valence-corrected chi connectivity index (χ2v) is 11.2. The number of nitrogens with one attached hydrogen (secondary N) is 1. The monoisotopic (exact) mass is 492 g/mol. The van der Waals surface area contributed by atoms with Gasteiger partial charge in [-0.05, 0) is 44.0 Å². The second kappa shape index (κ2) is 9.57. The fourth-order valence-electron chi connectivity index (χ4n) is 5.17. The Balaban J connectivity index is 1.42. The van der Waals surface area contributed by atoms with Crippen LogP contribution in [0.25, 0.3) is 11.0 Å². The van der Waals surface area contributed by atoms with Crippen molar-refractivity contribution in [3.63, 3.8) is 0 Å². The van der Waals surface area contributed by atoms with E-state index >= 15 is 0 Å². The Bertz CT molecular complexity index is 1340. The fourth-order valence-corrected chi connectivity index (χ4v) is 6.51. The van der Waals surface area contributed by atoms with Gasteiger partial charge in [0.15, 0.2) is 5.78 Å². The van der Waals surface area contributed by atoms with Gasteiger partial charge in [0.1, 0.15) is 5.92 Å². The number of benzene rings is 2. The van der Waals surface area contributed by atoms with E-state index in [1.807, 2.05) is 48.2 Å². The number of rotatable bonds is 5. The molecule has 5 rings (SSSR count). The van der Waals surface area contributed by atoms with Gasteiger partial charge in [-0.15, -0.1) is 11.8 Å². The standard InChI is InChI=1S/C27H32N4O3S/c1-17-9-11-18(12-10-17)31-15-20(24(32)16-31)26(33)28-21-13-22-23(30(3)27(34)29(22)2)14-25(21)35-19-7-5-4-6-8-19/h9-14,19-20H,4-8,15-16H2,1-3H3,(H,28,33)/t20-/m0/s1. The highest BCUT2D eigenvalue weighted by Gasteiger charge is 2.36. The number of anilines is 2. The third kappa shape index (κ3) is 4.63. The molecule has 2 aliphatic rings. The number of aromatic nitrogens is 2. The summed E-state index contributed by atoms with van der Waals surface area (Å²) in [6.45, 7) is 2.62. The average Bonchev–Trinajstić information content (AvgIpc) is 3.34. The van der Waals surface area contributed by atoms with Gasteiger partial charge in [0.2, 0.25) is 5.91 Å². The van der Waals surface area contributed by atoms with Crippen LogP contribution in [0.4, 0.5) is 11.4 Å². The quantitative estimate of drug-likeness (QED) is 0.539. The largest absolute Gasteiger partial charge is 0.363 e. The van der Waals surface area contributed by atoms with Gasteiger partial charge in [0.25, 0.3) is 0 Å². The highest BCUT2D eigenvalue weighted by molar-refractivity contribution is 8.00. The lowest BCUT2D eigenvalue weighted by atomic mass is 10.0. The van der Waals surface area contributed by atoms with Crippen LogP contribution in [0, 0.1) is 12.8 Å². The minimum atomic E-state index is -0.723. The van der Waals surface area contributed by atoms with E-state index < -0.39 is 5.92 Å². The van der Waals surface area contributed by atoms with E-state index in [0.29, 0.717) is 17.5 Å². The molecular weight excluding hydrogens is 460 g/mol. The first-order chi connectivity index (χ1) is 16.8. The molecule has 184 valence electrons. The first-order valence-electron chi connectivity index (χ1n) is 12.3. The summed E-state index contributed by atoms with van der Waals surface area (Å²) >= 11 is 1.78. The van der Waals surface area contributed by atoms with Crippen LogP contribution in [0.5, 0.6) is 0 Å². The maximum absolute atomic E-state index is 13.4. The van der Waals surface area contributed by atoms with Gasteiger partial charge in [-0.1, -0.05) is 37.0 Å². The zero-order chi connectivity index (χ0) is 24.7. The Morgan fingerprint density at radius 3 is 2.31 bits per heavy atom. The van der Waals surface area contributed by atoms with Crippen LogP contribution in [0.1, 0.15) is 37.7 Å². The molecule has 8 heteroatoms. The molecule has 0 radical (unpaired) electrons. The molecule has 0 spiro atoms. The zero-order valence-corrected chi connectivity index (χ0v) is 21.4. The van der Waals surface area contributed by atoms with E-state index in [1.165, 1.54) is 19.3 Å². The van der Waals surface area contributed by atoms with Crippen molar-refractivity contribution in [2.24, 2.45) is 20.0 Å². The zero-order valence-electron chi connectivity index (χ0n) is 20.5. The molecule has 7 nitrogen and oxygen atoms in total. The van der Waals surface area contributed by atoms with Gasteiger partial charge in [-0.3, -0.25) is 18.7 Å². The first-order valence-corrected chi connectivity index (χ1v) is 13.2. The van der Waals surface area contributed by atoms with Gasteiger partial charge < -0.3 is 10.2 Å². The SMILES string of the molecule is Cc1ccc(N2CC(=O)[C@@H](C(=O)Nc3cc4c(cc3SC3CCCCC3)n(C)c(=O)n4C)C2)cc1. The molecule has 1 atom stereocenters. The Labute approximate surface area is 209 Å². The molecule has 1 aliphatic heterocycles. The number of hydrogen-bond donors (Lipinski definition) is 1. The Hall–Kier alpha value is -3.00. The number of thioether (sulfide) groups is 1. The van der Waals surface area contributed by atoms with E-state index in [9.17, 15) is 14.4 Å². The van der Waals surface area contributed by atoms with Crippen LogP contribution in [0.3, 0.4) is 0 Å². The number of fused-ring (bicyclic) bond motifs is 1. The van der Waals surface area contributed by atoms with Crippen molar-refractivity contribution >= 4 is 45.9 Å². The van der Waals surface area contributed by atoms with E-state index in [0.717, 1.165) is 40.0 Å². The van der Waals surface area contributed by atoms with E-state index in [-0.39, 0.29) is 23.9 Å². The second-order valence-electron chi connectivity index (χ2n) is 9.84. The Morgan fingerprint density at radius 1 is 0.971 bits per heavy atom. The van der Waals surface area contributed by atoms with Crippen molar-refractivity contribution in [2.45, 2.75) is 49.2 Å². The molecular formula is C27H32N4O3S.